The molecule has 0 radical (unpaired) electrons. The summed E-state index contributed by atoms with van der Waals surface area (Å²) in [6.07, 6.45) is 2.06. The molecule has 1 saturated heterocycles. The Morgan fingerprint density at radius 2 is 1.88 bits per heavy atom. The van der Waals surface area contributed by atoms with Crippen LogP contribution in [0, 0.1) is 0 Å². The van der Waals surface area contributed by atoms with Crippen LogP contribution in [0.2, 0.25) is 0 Å². The summed E-state index contributed by atoms with van der Waals surface area (Å²) in [5.74, 6) is 0.462. The molecule has 1 unspecified atom stereocenters. The van der Waals surface area contributed by atoms with Crippen LogP contribution in [0.4, 0.5) is 0 Å². The van der Waals surface area contributed by atoms with E-state index in [9.17, 15) is 4.79 Å². The molecule has 0 bridgehead atoms. The van der Waals surface area contributed by atoms with Crippen molar-refractivity contribution in [3.8, 4) is 11.4 Å². The number of piperidine rings is 1. The predicted octanol–water partition coefficient (Wildman–Crippen LogP) is 3.06. The van der Waals surface area contributed by atoms with Crippen LogP contribution in [0.1, 0.15) is 35.7 Å². The van der Waals surface area contributed by atoms with Gasteiger partial charge in [-0.1, -0.05) is 55.5 Å². The second kappa shape index (κ2) is 6.71. The summed E-state index contributed by atoms with van der Waals surface area (Å²) < 4.78 is 0. The van der Waals surface area contributed by atoms with Gasteiger partial charge in [-0.3, -0.25) is 4.79 Å². The molecule has 1 atom stereocenters. The van der Waals surface area contributed by atoms with Crippen molar-refractivity contribution in [2.24, 2.45) is 0 Å². The summed E-state index contributed by atoms with van der Waals surface area (Å²) in [6, 6.07) is 17.9. The highest BCUT2D eigenvalue weighted by Gasteiger charge is 2.35. The summed E-state index contributed by atoms with van der Waals surface area (Å²) in [5, 5.41) is 14.1. The molecule has 26 heavy (non-hydrogen) atoms. The maximum absolute atomic E-state index is 13.3. The Kier molecular flexibility index (Phi) is 4.24. The van der Waals surface area contributed by atoms with E-state index in [1.54, 1.807) is 0 Å². The number of H-pyrrole nitrogens is 1. The molecule has 0 spiro atoms. The van der Waals surface area contributed by atoms with Gasteiger partial charge in [0.1, 0.15) is 0 Å². The average Bonchev–Trinajstić information content (AvgIpc) is 3.23. The summed E-state index contributed by atoms with van der Waals surface area (Å²) in [4.78, 5) is 15.2. The summed E-state index contributed by atoms with van der Waals surface area (Å²) >= 11 is 0. The second-order valence-electron chi connectivity index (χ2n) is 7.04. The molecular weight excluding hydrogens is 326 g/mol. The number of hydrogen-bond acceptors (Lipinski definition) is 4. The zero-order valence-corrected chi connectivity index (χ0v) is 14.7. The molecule has 3 aromatic rings. The lowest BCUT2D eigenvalue weighted by molar-refractivity contribution is 0.0651. The second-order valence-corrected chi connectivity index (χ2v) is 7.04. The molecule has 6 nitrogen and oxygen atoms in total. The highest BCUT2D eigenvalue weighted by Crippen LogP contribution is 2.34. The lowest BCUT2D eigenvalue weighted by atomic mass is 9.76. The van der Waals surface area contributed by atoms with Crippen LogP contribution in [0.25, 0.3) is 11.4 Å². The molecular formula is C20H21N5O. The van der Waals surface area contributed by atoms with Gasteiger partial charge in [-0.05, 0) is 29.7 Å². The highest BCUT2D eigenvalue weighted by molar-refractivity contribution is 6.00. The van der Waals surface area contributed by atoms with Crippen LogP contribution in [-0.2, 0) is 5.41 Å². The van der Waals surface area contributed by atoms with Crippen molar-refractivity contribution < 1.29 is 4.79 Å². The average molecular weight is 347 g/mol. The van der Waals surface area contributed by atoms with Crippen molar-refractivity contribution in [3.63, 3.8) is 0 Å². The molecule has 0 saturated carbocycles. The third-order valence-corrected chi connectivity index (χ3v) is 5.20. The Morgan fingerprint density at radius 3 is 2.65 bits per heavy atom. The van der Waals surface area contributed by atoms with Crippen molar-refractivity contribution in [1.29, 1.82) is 0 Å². The van der Waals surface area contributed by atoms with Crippen molar-refractivity contribution in [2.75, 3.05) is 13.1 Å². The number of nitrogens with zero attached hydrogens (tertiary/aromatic N) is 4. The topological polar surface area (TPSA) is 74.8 Å². The van der Waals surface area contributed by atoms with Crippen LogP contribution in [-0.4, -0.2) is 44.5 Å². The number of carbonyl (C=O) groups excluding carboxylic acids is 1. The Morgan fingerprint density at radius 1 is 1.12 bits per heavy atom. The number of aromatic amines is 1. The molecule has 132 valence electrons. The lowest BCUT2D eigenvalue weighted by Crippen LogP contribution is -2.47. The maximum Gasteiger partial charge on any atom is 0.254 e. The minimum absolute atomic E-state index is 0.0206. The van der Waals surface area contributed by atoms with E-state index in [4.69, 9.17) is 0 Å². The van der Waals surface area contributed by atoms with Gasteiger partial charge in [0.15, 0.2) is 0 Å². The molecule has 1 amide bonds. The normalized spacial score (nSPS) is 20.1. The third kappa shape index (κ3) is 2.98. The van der Waals surface area contributed by atoms with Gasteiger partial charge >= 0.3 is 0 Å². The van der Waals surface area contributed by atoms with Gasteiger partial charge in [-0.2, -0.15) is 5.21 Å². The van der Waals surface area contributed by atoms with Crippen LogP contribution in [0.5, 0.6) is 0 Å². The fraction of sp³-hybridized carbons (Fsp3) is 0.300. The fourth-order valence-corrected chi connectivity index (χ4v) is 3.80. The number of likely N-dealkylation sites (tertiary alicyclic amines) is 1. The zero-order chi connectivity index (χ0) is 18.0. The molecule has 2 heterocycles. The van der Waals surface area contributed by atoms with Gasteiger partial charge in [0.2, 0.25) is 5.82 Å². The van der Waals surface area contributed by atoms with Crippen molar-refractivity contribution in [2.45, 2.75) is 25.2 Å². The van der Waals surface area contributed by atoms with Gasteiger partial charge in [-0.25, -0.2) is 0 Å². The fourth-order valence-electron chi connectivity index (χ4n) is 3.80. The summed E-state index contributed by atoms with van der Waals surface area (Å²) in [6.45, 7) is 3.71. The minimum Gasteiger partial charge on any atom is -0.338 e. The van der Waals surface area contributed by atoms with Crippen LogP contribution in [0.15, 0.2) is 54.6 Å². The molecule has 4 rings (SSSR count). The van der Waals surface area contributed by atoms with E-state index in [-0.39, 0.29) is 11.3 Å². The van der Waals surface area contributed by atoms with E-state index in [0.29, 0.717) is 23.5 Å². The van der Waals surface area contributed by atoms with E-state index in [0.717, 1.165) is 19.4 Å². The number of hydrogen-bond donors (Lipinski definition) is 1. The number of carbonyl (C=O) groups is 1. The van der Waals surface area contributed by atoms with E-state index < -0.39 is 0 Å². The van der Waals surface area contributed by atoms with Crippen LogP contribution < -0.4 is 0 Å². The first kappa shape index (κ1) is 16.4. The third-order valence-electron chi connectivity index (χ3n) is 5.20. The first-order valence-corrected chi connectivity index (χ1v) is 8.85. The number of rotatable bonds is 3. The Labute approximate surface area is 152 Å². The quantitative estimate of drug-likeness (QED) is 0.790. The van der Waals surface area contributed by atoms with Crippen LogP contribution >= 0.6 is 0 Å². The minimum atomic E-state index is -0.0315. The molecule has 1 N–H and O–H groups in total. The highest BCUT2D eigenvalue weighted by atomic mass is 16.2. The zero-order valence-electron chi connectivity index (χ0n) is 14.7. The van der Waals surface area contributed by atoms with Gasteiger partial charge in [0, 0.05) is 24.1 Å². The number of benzene rings is 2. The van der Waals surface area contributed by atoms with E-state index >= 15 is 0 Å². The number of amides is 1. The molecule has 1 aliphatic rings. The SMILES string of the molecule is CC1(c2ccccc2)CCCN(C(=O)c2ccccc2-c2nn[nH]n2)C1. The van der Waals surface area contributed by atoms with E-state index in [1.807, 2.05) is 35.2 Å². The van der Waals surface area contributed by atoms with Gasteiger partial charge in [0.05, 0.1) is 5.56 Å². The first-order chi connectivity index (χ1) is 12.7. The standard InChI is InChI=1S/C20H21N5O/c1-20(15-8-3-2-4-9-15)12-7-13-25(14-20)19(26)17-11-6-5-10-16(17)18-21-23-24-22-18/h2-6,8-11H,7,12-14H2,1H3,(H,21,22,23,24). The molecule has 1 fully saturated rings. The predicted molar refractivity (Wildman–Crippen MR) is 98.5 cm³/mol. The number of nitrogens with one attached hydrogen (secondary N) is 1. The Balaban J connectivity index is 1.63. The maximum atomic E-state index is 13.3. The number of aromatic nitrogens is 4. The van der Waals surface area contributed by atoms with Gasteiger partial charge in [0.25, 0.3) is 5.91 Å². The van der Waals surface area contributed by atoms with Gasteiger partial charge in [-0.15, -0.1) is 10.2 Å². The molecule has 1 aromatic heterocycles. The van der Waals surface area contributed by atoms with Gasteiger partial charge < -0.3 is 4.90 Å². The molecule has 2 aromatic carbocycles. The van der Waals surface area contributed by atoms with Crippen molar-refractivity contribution >= 4 is 5.91 Å². The summed E-state index contributed by atoms with van der Waals surface area (Å²) in [5.41, 5.74) is 2.57. The smallest absolute Gasteiger partial charge is 0.254 e. The number of tetrazole rings is 1. The largest absolute Gasteiger partial charge is 0.338 e. The van der Waals surface area contributed by atoms with Crippen LogP contribution in [0.3, 0.4) is 0 Å². The summed E-state index contributed by atoms with van der Waals surface area (Å²) in [7, 11) is 0. The Hall–Kier alpha value is -3.02. The molecule has 6 heteroatoms. The Bertz CT molecular complexity index is 894. The molecule has 0 aliphatic carbocycles. The molecule has 1 aliphatic heterocycles. The van der Waals surface area contributed by atoms with Crippen molar-refractivity contribution in [3.05, 3.63) is 65.7 Å². The monoisotopic (exact) mass is 347 g/mol. The lowest BCUT2D eigenvalue weighted by Gasteiger charge is -2.41. The first-order valence-electron chi connectivity index (χ1n) is 8.85. The van der Waals surface area contributed by atoms with E-state index in [1.165, 1.54) is 5.56 Å². The van der Waals surface area contributed by atoms with Crippen molar-refractivity contribution in [1.82, 2.24) is 25.5 Å². The van der Waals surface area contributed by atoms with E-state index in [2.05, 4.69) is 51.8 Å².